The van der Waals surface area contributed by atoms with Crippen LogP contribution < -0.4 is 15.5 Å². The van der Waals surface area contributed by atoms with Crippen molar-refractivity contribution in [3.05, 3.63) is 23.8 Å². The van der Waals surface area contributed by atoms with Crippen LogP contribution in [0.4, 0.5) is 11.4 Å². The van der Waals surface area contributed by atoms with E-state index in [1.165, 1.54) is 32.1 Å². The van der Waals surface area contributed by atoms with Crippen LogP contribution in [0.5, 0.6) is 0 Å². The van der Waals surface area contributed by atoms with E-state index < -0.39 is 0 Å². The van der Waals surface area contributed by atoms with Gasteiger partial charge in [-0.25, -0.2) is 0 Å². The summed E-state index contributed by atoms with van der Waals surface area (Å²) in [5.74, 6) is -0.0980. The number of rotatable bonds is 15. The summed E-state index contributed by atoms with van der Waals surface area (Å²) in [7, 11) is 7.86. The van der Waals surface area contributed by atoms with E-state index in [1.54, 1.807) is 6.07 Å². The van der Waals surface area contributed by atoms with E-state index >= 15 is 0 Å². The number of hydrogen-bond acceptors (Lipinski definition) is 4. The standard InChI is InChI=1S/C24H42N4O2/c1-6-7-8-9-10-11-12-14-23(29)26-20-15-16-22(28(4)5)21(19-20)24(30)25-17-13-18-27(2)3/h15-16,19H,6-14,17-18H2,1-5H3,(H,25,30)(H,26,29). The van der Waals surface area contributed by atoms with E-state index in [2.05, 4.69) is 22.5 Å². The molecule has 1 aromatic carbocycles. The lowest BCUT2D eigenvalue weighted by molar-refractivity contribution is -0.116. The quantitative estimate of drug-likeness (QED) is 0.411. The second kappa shape index (κ2) is 14.8. The van der Waals surface area contributed by atoms with Gasteiger partial charge in [-0.2, -0.15) is 0 Å². The van der Waals surface area contributed by atoms with E-state index in [0.29, 0.717) is 24.2 Å². The molecular weight excluding hydrogens is 376 g/mol. The molecule has 0 fully saturated rings. The smallest absolute Gasteiger partial charge is 0.253 e. The second-order valence-electron chi connectivity index (χ2n) is 8.46. The van der Waals surface area contributed by atoms with Gasteiger partial charge in [-0.3, -0.25) is 9.59 Å². The molecule has 0 aliphatic rings. The van der Waals surface area contributed by atoms with E-state index in [-0.39, 0.29) is 11.8 Å². The van der Waals surface area contributed by atoms with Gasteiger partial charge in [0.15, 0.2) is 0 Å². The Labute approximate surface area is 183 Å². The van der Waals surface area contributed by atoms with E-state index in [9.17, 15) is 9.59 Å². The van der Waals surface area contributed by atoms with Crippen molar-refractivity contribution in [3.63, 3.8) is 0 Å². The van der Waals surface area contributed by atoms with Crippen LogP contribution in [-0.4, -0.2) is 58.0 Å². The summed E-state index contributed by atoms with van der Waals surface area (Å²) in [4.78, 5) is 29.0. The molecule has 0 aliphatic carbocycles. The monoisotopic (exact) mass is 418 g/mol. The first-order chi connectivity index (χ1) is 14.3. The predicted octanol–water partition coefficient (Wildman–Crippen LogP) is 4.51. The fourth-order valence-electron chi connectivity index (χ4n) is 3.34. The Hall–Kier alpha value is -2.08. The molecule has 0 unspecified atom stereocenters. The van der Waals surface area contributed by atoms with Crippen molar-refractivity contribution in [1.82, 2.24) is 10.2 Å². The first-order valence-corrected chi connectivity index (χ1v) is 11.4. The molecule has 0 heterocycles. The molecule has 0 saturated carbocycles. The molecule has 0 saturated heterocycles. The van der Waals surface area contributed by atoms with Gasteiger partial charge in [-0.15, -0.1) is 0 Å². The van der Waals surface area contributed by atoms with Crippen LogP contribution >= 0.6 is 0 Å². The lowest BCUT2D eigenvalue weighted by atomic mass is 10.1. The lowest BCUT2D eigenvalue weighted by Gasteiger charge is -2.19. The highest BCUT2D eigenvalue weighted by molar-refractivity contribution is 6.02. The summed E-state index contributed by atoms with van der Waals surface area (Å²) in [5.41, 5.74) is 2.09. The maximum Gasteiger partial charge on any atom is 0.253 e. The van der Waals surface area contributed by atoms with Crippen molar-refractivity contribution in [1.29, 1.82) is 0 Å². The molecule has 0 aromatic heterocycles. The normalized spacial score (nSPS) is 10.9. The molecule has 0 spiro atoms. The highest BCUT2D eigenvalue weighted by Crippen LogP contribution is 2.23. The Bertz CT molecular complexity index is 644. The zero-order valence-electron chi connectivity index (χ0n) is 19.7. The Morgan fingerprint density at radius 3 is 2.20 bits per heavy atom. The highest BCUT2D eigenvalue weighted by atomic mass is 16.2. The first-order valence-electron chi connectivity index (χ1n) is 11.4. The molecule has 0 radical (unpaired) electrons. The number of hydrogen-bond donors (Lipinski definition) is 2. The van der Waals surface area contributed by atoms with Crippen LogP contribution in [0.25, 0.3) is 0 Å². The first kappa shape index (κ1) is 26.0. The van der Waals surface area contributed by atoms with Crippen molar-refractivity contribution in [3.8, 4) is 0 Å². The summed E-state index contributed by atoms with van der Waals surface area (Å²) in [6, 6.07) is 5.53. The summed E-state index contributed by atoms with van der Waals surface area (Å²) >= 11 is 0. The van der Waals surface area contributed by atoms with Gasteiger partial charge in [0.25, 0.3) is 5.91 Å². The zero-order chi connectivity index (χ0) is 22.4. The Morgan fingerprint density at radius 2 is 1.57 bits per heavy atom. The Kier molecular flexibility index (Phi) is 12.8. The highest BCUT2D eigenvalue weighted by Gasteiger charge is 2.14. The summed E-state index contributed by atoms with van der Waals surface area (Å²) in [5, 5.41) is 5.94. The molecule has 0 bridgehead atoms. The number of unbranched alkanes of at least 4 members (excludes halogenated alkanes) is 6. The van der Waals surface area contributed by atoms with Crippen LogP contribution in [-0.2, 0) is 4.79 Å². The van der Waals surface area contributed by atoms with Crippen LogP contribution in [0.3, 0.4) is 0 Å². The number of carbonyl (C=O) groups is 2. The van der Waals surface area contributed by atoms with Gasteiger partial charge in [0, 0.05) is 38.4 Å². The number of carbonyl (C=O) groups excluding carboxylic acids is 2. The average Bonchev–Trinajstić information content (AvgIpc) is 2.70. The maximum atomic E-state index is 12.7. The maximum absolute atomic E-state index is 12.7. The SMILES string of the molecule is CCCCCCCCCC(=O)Nc1ccc(N(C)C)c(C(=O)NCCCN(C)C)c1. The van der Waals surface area contributed by atoms with Crippen LogP contribution in [0, 0.1) is 0 Å². The molecule has 6 nitrogen and oxygen atoms in total. The van der Waals surface area contributed by atoms with Crippen molar-refractivity contribution in [2.45, 2.75) is 64.7 Å². The minimum atomic E-state index is -0.111. The van der Waals surface area contributed by atoms with Crippen molar-refractivity contribution in [2.24, 2.45) is 0 Å². The number of anilines is 2. The molecule has 30 heavy (non-hydrogen) atoms. The van der Waals surface area contributed by atoms with E-state index in [1.807, 2.05) is 45.2 Å². The fraction of sp³-hybridized carbons (Fsp3) is 0.667. The largest absolute Gasteiger partial charge is 0.377 e. The summed E-state index contributed by atoms with van der Waals surface area (Å²) in [6.07, 6.45) is 9.73. The van der Waals surface area contributed by atoms with E-state index in [0.717, 1.165) is 31.5 Å². The molecule has 170 valence electrons. The topological polar surface area (TPSA) is 64.7 Å². The molecular formula is C24H42N4O2. The lowest BCUT2D eigenvalue weighted by Crippen LogP contribution is -2.28. The van der Waals surface area contributed by atoms with Gasteiger partial charge in [-0.1, -0.05) is 45.4 Å². The fourth-order valence-corrected chi connectivity index (χ4v) is 3.34. The molecule has 2 N–H and O–H groups in total. The Balaban J connectivity index is 2.57. The minimum absolute atomic E-state index is 0.0125. The molecule has 2 amide bonds. The van der Waals surface area contributed by atoms with Gasteiger partial charge in [0.1, 0.15) is 0 Å². The number of amides is 2. The third-order valence-corrected chi connectivity index (χ3v) is 5.08. The van der Waals surface area contributed by atoms with Gasteiger partial charge < -0.3 is 20.4 Å². The number of nitrogens with zero attached hydrogens (tertiary/aromatic N) is 2. The minimum Gasteiger partial charge on any atom is -0.377 e. The molecule has 1 aromatic rings. The number of benzene rings is 1. The number of nitrogens with one attached hydrogen (secondary N) is 2. The Morgan fingerprint density at radius 1 is 0.900 bits per heavy atom. The van der Waals surface area contributed by atoms with Crippen molar-refractivity contribution >= 4 is 23.2 Å². The van der Waals surface area contributed by atoms with Gasteiger partial charge >= 0.3 is 0 Å². The van der Waals surface area contributed by atoms with Crippen LogP contribution in [0.15, 0.2) is 18.2 Å². The molecule has 6 heteroatoms. The zero-order valence-corrected chi connectivity index (χ0v) is 19.7. The van der Waals surface area contributed by atoms with Crippen molar-refractivity contribution < 1.29 is 9.59 Å². The van der Waals surface area contributed by atoms with Gasteiger partial charge in [0.2, 0.25) is 5.91 Å². The predicted molar refractivity (Wildman–Crippen MR) is 128 cm³/mol. The van der Waals surface area contributed by atoms with Crippen LogP contribution in [0.1, 0.15) is 75.1 Å². The van der Waals surface area contributed by atoms with Gasteiger partial charge in [0.05, 0.1) is 5.56 Å². The van der Waals surface area contributed by atoms with Crippen molar-refractivity contribution in [2.75, 3.05) is 51.5 Å². The summed E-state index contributed by atoms with van der Waals surface area (Å²) < 4.78 is 0. The second-order valence-corrected chi connectivity index (χ2v) is 8.46. The average molecular weight is 419 g/mol. The van der Waals surface area contributed by atoms with Crippen LogP contribution in [0.2, 0.25) is 0 Å². The van der Waals surface area contributed by atoms with Gasteiger partial charge in [-0.05, 0) is 51.7 Å². The molecule has 0 atom stereocenters. The third-order valence-electron chi connectivity index (χ3n) is 5.08. The molecule has 1 rings (SSSR count). The molecule has 0 aliphatic heterocycles. The summed E-state index contributed by atoms with van der Waals surface area (Å²) in [6.45, 7) is 3.77. The van der Waals surface area contributed by atoms with E-state index in [4.69, 9.17) is 0 Å². The third kappa shape index (κ3) is 10.6.